The summed E-state index contributed by atoms with van der Waals surface area (Å²) >= 11 is 0. The number of ether oxygens (including phenoxy) is 1. The van der Waals surface area contributed by atoms with Gasteiger partial charge in [0, 0.05) is 44.9 Å². The van der Waals surface area contributed by atoms with Crippen LogP contribution < -0.4 is 5.32 Å². The Labute approximate surface area is 148 Å². The Balaban J connectivity index is 1.59. The minimum atomic E-state index is -0.0623. The molecule has 0 aliphatic carbocycles. The van der Waals surface area contributed by atoms with Crippen molar-refractivity contribution in [2.75, 3.05) is 26.3 Å². The molecule has 1 atom stereocenters. The number of piperidine rings is 1. The number of hydrogen-bond acceptors (Lipinski definition) is 5. The molecule has 2 aliphatic rings. The Morgan fingerprint density at radius 2 is 2.00 bits per heavy atom. The molecule has 0 bridgehead atoms. The van der Waals surface area contributed by atoms with Crippen molar-refractivity contribution < 1.29 is 14.3 Å². The van der Waals surface area contributed by atoms with Gasteiger partial charge in [-0.2, -0.15) is 0 Å². The first kappa shape index (κ1) is 17.8. The third kappa shape index (κ3) is 4.54. The van der Waals surface area contributed by atoms with Crippen LogP contribution in [-0.4, -0.2) is 53.0 Å². The first-order valence-electron chi connectivity index (χ1n) is 9.06. The van der Waals surface area contributed by atoms with Gasteiger partial charge in [-0.3, -0.25) is 19.6 Å². The van der Waals surface area contributed by atoms with Gasteiger partial charge >= 0.3 is 0 Å². The van der Waals surface area contributed by atoms with E-state index in [1.807, 2.05) is 4.90 Å². The fourth-order valence-corrected chi connectivity index (χ4v) is 3.59. The van der Waals surface area contributed by atoms with E-state index in [9.17, 15) is 9.59 Å². The molecule has 0 unspecified atom stereocenters. The van der Waals surface area contributed by atoms with Crippen LogP contribution in [0.25, 0.3) is 0 Å². The smallest absolute Gasteiger partial charge is 0.225 e. The molecule has 7 heteroatoms. The highest BCUT2D eigenvalue weighted by atomic mass is 16.5. The minimum Gasteiger partial charge on any atom is -0.381 e. The molecule has 0 spiro atoms. The van der Waals surface area contributed by atoms with Crippen LogP contribution in [0.15, 0.2) is 12.4 Å². The lowest BCUT2D eigenvalue weighted by molar-refractivity contribution is -0.130. The van der Waals surface area contributed by atoms with Crippen LogP contribution in [0.3, 0.4) is 0 Å². The molecule has 0 saturated carbocycles. The molecule has 3 heterocycles. The zero-order valence-electron chi connectivity index (χ0n) is 14.7. The number of rotatable bonds is 4. The SMILES string of the molecule is CC(=O)N1CCC(c2nccnc2CNC(=O)[C@H]2CCCOC2)CC1. The maximum absolute atomic E-state index is 12.3. The Morgan fingerprint density at radius 1 is 1.24 bits per heavy atom. The van der Waals surface area contributed by atoms with E-state index in [0.717, 1.165) is 56.8 Å². The van der Waals surface area contributed by atoms with E-state index in [0.29, 0.717) is 13.2 Å². The molecule has 2 fully saturated rings. The predicted molar refractivity (Wildman–Crippen MR) is 91.7 cm³/mol. The summed E-state index contributed by atoms with van der Waals surface area (Å²) in [5, 5.41) is 2.99. The quantitative estimate of drug-likeness (QED) is 0.887. The van der Waals surface area contributed by atoms with Crippen molar-refractivity contribution in [1.29, 1.82) is 0 Å². The van der Waals surface area contributed by atoms with Crippen LogP contribution in [0, 0.1) is 5.92 Å². The average Bonchev–Trinajstić information content (AvgIpc) is 2.67. The lowest BCUT2D eigenvalue weighted by atomic mass is 9.91. The van der Waals surface area contributed by atoms with Gasteiger partial charge in [-0.05, 0) is 25.7 Å². The summed E-state index contributed by atoms with van der Waals surface area (Å²) in [5.41, 5.74) is 1.78. The molecule has 0 radical (unpaired) electrons. The van der Waals surface area contributed by atoms with Crippen LogP contribution in [0.2, 0.25) is 0 Å². The van der Waals surface area contributed by atoms with Gasteiger partial charge in [0.2, 0.25) is 11.8 Å². The summed E-state index contributed by atoms with van der Waals surface area (Å²) in [6.07, 6.45) is 6.95. The molecule has 3 rings (SSSR count). The van der Waals surface area contributed by atoms with E-state index >= 15 is 0 Å². The molecule has 0 aromatic carbocycles. The molecule has 7 nitrogen and oxygen atoms in total. The van der Waals surface area contributed by atoms with Crippen molar-refractivity contribution in [1.82, 2.24) is 20.2 Å². The molecule has 25 heavy (non-hydrogen) atoms. The van der Waals surface area contributed by atoms with Crippen molar-refractivity contribution in [3.63, 3.8) is 0 Å². The number of nitrogens with zero attached hydrogens (tertiary/aromatic N) is 3. The highest BCUT2D eigenvalue weighted by Gasteiger charge is 2.26. The Morgan fingerprint density at radius 3 is 2.68 bits per heavy atom. The van der Waals surface area contributed by atoms with Crippen LogP contribution in [0.4, 0.5) is 0 Å². The highest BCUT2D eigenvalue weighted by molar-refractivity contribution is 5.78. The van der Waals surface area contributed by atoms with Crippen molar-refractivity contribution in [3.05, 3.63) is 23.8 Å². The van der Waals surface area contributed by atoms with Crippen LogP contribution in [0.1, 0.15) is 49.9 Å². The van der Waals surface area contributed by atoms with Gasteiger partial charge in [-0.25, -0.2) is 0 Å². The fraction of sp³-hybridized carbons (Fsp3) is 0.667. The minimum absolute atomic E-state index is 0.0303. The molecular weight excluding hydrogens is 320 g/mol. The van der Waals surface area contributed by atoms with Gasteiger partial charge in [-0.15, -0.1) is 0 Å². The van der Waals surface area contributed by atoms with Gasteiger partial charge in [-0.1, -0.05) is 0 Å². The predicted octanol–water partition coefficient (Wildman–Crippen LogP) is 1.25. The maximum Gasteiger partial charge on any atom is 0.225 e. The second-order valence-corrected chi connectivity index (χ2v) is 6.80. The highest BCUT2D eigenvalue weighted by Crippen LogP contribution is 2.28. The van der Waals surface area contributed by atoms with E-state index in [4.69, 9.17) is 4.74 Å². The summed E-state index contributed by atoms with van der Waals surface area (Å²) in [5.74, 6) is 0.379. The van der Waals surface area contributed by atoms with E-state index in [1.165, 1.54) is 0 Å². The number of likely N-dealkylation sites (tertiary alicyclic amines) is 1. The topological polar surface area (TPSA) is 84.4 Å². The summed E-state index contributed by atoms with van der Waals surface area (Å²) < 4.78 is 5.38. The summed E-state index contributed by atoms with van der Waals surface area (Å²) in [6.45, 7) is 4.76. The molecule has 1 aromatic rings. The number of carbonyl (C=O) groups excluding carboxylic acids is 2. The van der Waals surface area contributed by atoms with Gasteiger partial charge in [0.05, 0.1) is 30.5 Å². The Hall–Kier alpha value is -2.02. The van der Waals surface area contributed by atoms with Crippen LogP contribution in [-0.2, 0) is 20.9 Å². The largest absolute Gasteiger partial charge is 0.381 e. The lowest BCUT2D eigenvalue weighted by Crippen LogP contribution is -2.37. The van der Waals surface area contributed by atoms with E-state index < -0.39 is 0 Å². The molecule has 2 amide bonds. The van der Waals surface area contributed by atoms with Crippen molar-refractivity contribution in [2.45, 2.75) is 45.1 Å². The van der Waals surface area contributed by atoms with E-state index in [1.54, 1.807) is 19.3 Å². The summed E-state index contributed by atoms with van der Waals surface area (Å²) in [6, 6.07) is 0. The van der Waals surface area contributed by atoms with Gasteiger partial charge in [0.15, 0.2) is 0 Å². The summed E-state index contributed by atoms with van der Waals surface area (Å²) in [7, 11) is 0. The number of nitrogens with one attached hydrogen (secondary N) is 1. The Kier molecular flexibility index (Phi) is 5.96. The van der Waals surface area contributed by atoms with Crippen LogP contribution in [0.5, 0.6) is 0 Å². The number of amides is 2. The first-order valence-corrected chi connectivity index (χ1v) is 9.06. The van der Waals surface area contributed by atoms with Gasteiger partial charge < -0.3 is 15.0 Å². The molecule has 2 saturated heterocycles. The van der Waals surface area contributed by atoms with E-state index in [-0.39, 0.29) is 23.7 Å². The standard InChI is InChI=1S/C18H26N4O3/c1-13(23)22-8-4-14(5-9-22)17-16(19-6-7-20-17)11-21-18(24)15-3-2-10-25-12-15/h6-7,14-15H,2-5,8-12H2,1H3,(H,21,24)/t15-/m0/s1. The molecule has 1 aromatic heterocycles. The van der Waals surface area contributed by atoms with Crippen molar-refractivity contribution in [2.24, 2.45) is 5.92 Å². The van der Waals surface area contributed by atoms with Gasteiger partial charge in [0.25, 0.3) is 0 Å². The third-order valence-electron chi connectivity index (χ3n) is 5.09. The zero-order valence-corrected chi connectivity index (χ0v) is 14.7. The Bertz CT molecular complexity index is 608. The number of hydrogen-bond donors (Lipinski definition) is 1. The van der Waals surface area contributed by atoms with Crippen molar-refractivity contribution >= 4 is 11.8 Å². The average molecular weight is 346 g/mol. The van der Waals surface area contributed by atoms with E-state index in [2.05, 4.69) is 15.3 Å². The molecule has 136 valence electrons. The monoisotopic (exact) mass is 346 g/mol. The fourth-order valence-electron chi connectivity index (χ4n) is 3.59. The lowest BCUT2D eigenvalue weighted by Gasteiger charge is -2.31. The zero-order chi connectivity index (χ0) is 17.6. The molecule has 2 aliphatic heterocycles. The van der Waals surface area contributed by atoms with Gasteiger partial charge in [0.1, 0.15) is 0 Å². The van der Waals surface area contributed by atoms with Crippen molar-refractivity contribution in [3.8, 4) is 0 Å². The third-order valence-corrected chi connectivity index (χ3v) is 5.09. The molecular formula is C18H26N4O3. The number of aromatic nitrogens is 2. The molecule has 1 N–H and O–H groups in total. The summed E-state index contributed by atoms with van der Waals surface area (Å²) in [4.78, 5) is 34.6. The normalized spacial score (nSPS) is 21.8. The first-order chi connectivity index (χ1) is 12.1. The second kappa shape index (κ2) is 8.38. The van der Waals surface area contributed by atoms with Crippen LogP contribution >= 0.6 is 0 Å². The number of carbonyl (C=O) groups is 2. The second-order valence-electron chi connectivity index (χ2n) is 6.80. The maximum atomic E-state index is 12.3.